The largest absolute Gasteiger partial charge is 0.324 e. The maximum Gasteiger partial charge on any atom is 0.225 e. The van der Waals surface area contributed by atoms with E-state index in [0.29, 0.717) is 16.9 Å². The van der Waals surface area contributed by atoms with Gasteiger partial charge in [-0.05, 0) is 53.2 Å². The molecule has 0 saturated carbocycles. The van der Waals surface area contributed by atoms with E-state index in [1.165, 1.54) is 0 Å². The second-order valence-corrected chi connectivity index (χ2v) is 5.06. The smallest absolute Gasteiger partial charge is 0.225 e. The van der Waals surface area contributed by atoms with Crippen LogP contribution in [-0.4, -0.2) is 10.9 Å². The van der Waals surface area contributed by atoms with Crippen LogP contribution in [0.25, 0.3) is 0 Å². The van der Waals surface area contributed by atoms with Crippen molar-refractivity contribution in [1.82, 2.24) is 4.98 Å². The Kier molecular flexibility index (Phi) is 3.94. The summed E-state index contributed by atoms with van der Waals surface area (Å²) in [6.45, 7) is 1.96. The molecule has 4 heteroatoms. The molecular formula is C13H15BrN2O. The molecule has 1 unspecified atom stereocenters. The van der Waals surface area contributed by atoms with E-state index in [2.05, 4.69) is 38.4 Å². The number of aromatic nitrogens is 1. The minimum atomic E-state index is 0.0540. The number of nitrogens with one attached hydrogen (secondary N) is 1. The Bertz CT molecular complexity index is 436. The van der Waals surface area contributed by atoms with Gasteiger partial charge in [0.05, 0.1) is 5.69 Å². The third-order valence-electron chi connectivity index (χ3n) is 2.94. The van der Waals surface area contributed by atoms with E-state index >= 15 is 0 Å². The Hall–Kier alpha value is -1.16. The van der Waals surface area contributed by atoms with Crippen LogP contribution in [0.15, 0.2) is 29.0 Å². The van der Waals surface area contributed by atoms with Gasteiger partial charge in [0.25, 0.3) is 0 Å². The number of amides is 1. The molecule has 1 heterocycles. The van der Waals surface area contributed by atoms with Crippen molar-refractivity contribution >= 4 is 27.5 Å². The highest BCUT2D eigenvalue weighted by atomic mass is 79.9. The molecule has 1 aliphatic rings. The summed E-state index contributed by atoms with van der Waals surface area (Å²) < 4.78 is 0.688. The first kappa shape index (κ1) is 12.3. The molecule has 1 aromatic heterocycles. The van der Waals surface area contributed by atoms with Gasteiger partial charge in [-0.25, -0.2) is 4.98 Å². The van der Waals surface area contributed by atoms with E-state index in [9.17, 15) is 4.79 Å². The number of carbonyl (C=O) groups is 1. The number of nitrogens with zero attached hydrogens (tertiary/aromatic N) is 1. The lowest BCUT2D eigenvalue weighted by molar-refractivity contribution is -0.116. The van der Waals surface area contributed by atoms with Crippen molar-refractivity contribution < 1.29 is 4.79 Å². The highest BCUT2D eigenvalue weighted by Crippen LogP contribution is 2.25. The normalized spacial score (nSPS) is 18.4. The molecule has 90 valence electrons. The van der Waals surface area contributed by atoms with Gasteiger partial charge >= 0.3 is 0 Å². The van der Waals surface area contributed by atoms with Crippen LogP contribution in [0.5, 0.6) is 0 Å². The number of rotatable bonds is 3. The van der Waals surface area contributed by atoms with Crippen LogP contribution in [0.4, 0.5) is 5.69 Å². The summed E-state index contributed by atoms with van der Waals surface area (Å²) in [5.74, 6) is 0.448. The van der Waals surface area contributed by atoms with E-state index in [0.717, 1.165) is 24.1 Å². The molecule has 1 aliphatic carbocycles. The lowest BCUT2D eigenvalue weighted by Crippen LogP contribution is -2.16. The first-order chi connectivity index (χ1) is 8.16. The van der Waals surface area contributed by atoms with Gasteiger partial charge in [-0.3, -0.25) is 4.79 Å². The van der Waals surface area contributed by atoms with Crippen LogP contribution in [0.1, 0.15) is 24.8 Å². The van der Waals surface area contributed by atoms with E-state index in [-0.39, 0.29) is 5.91 Å². The number of anilines is 1. The fraction of sp³-hybridized carbons (Fsp3) is 0.385. The molecule has 1 atom stereocenters. The van der Waals surface area contributed by atoms with Crippen molar-refractivity contribution in [2.45, 2.75) is 26.2 Å². The minimum Gasteiger partial charge on any atom is -0.324 e. The van der Waals surface area contributed by atoms with Crippen LogP contribution in [0.3, 0.4) is 0 Å². The van der Waals surface area contributed by atoms with Gasteiger partial charge in [0.15, 0.2) is 0 Å². The molecule has 0 bridgehead atoms. The highest BCUT2D eigenvalue weighted by Gasteiger charge is 2.15. The molecule has 1 amide bonds. The number of pyridine rings is 1. The number of allylic oxidation sites excluding steroid dienone is 2. The van der Waals surface area contributed by atoms with Crippen molar-refractivity contribution in [3.8, 4) is 0 Å². The van der Waals surface area contributed by atoms with Crippen molar-refractivity contribution in [2.24, 2.45) is 5.92 Å². The molecule has 17 heavy (non-hydrogen) atoms. The summed E-state index contributed by atoms with van der Waals surface area (Å²) >= 11 is 3.35. The quantitative estimate of drug-likeness (QED) is 0.685. The maximum atomic E-state index is 11.9. The summed E-state index contributed by atoms with van der Waals surface area (Å²) in [6, 6.07) is 1.88. The zero-order valence-electron chi connectivity index (χ0n) is 9.74. The monoisotopic (exact) mass is 294 g/mol. The molecule has 3 nitrogen and oxygen atoms in total. The molecule has 2 rings (SSSR count). The summed E-state index contributed by atoms with van der Waals surface area (Å²) in [7, 11) is 0. The van der Waals surface area contributed by atoms with E-state index in [4.69, 9.17) is 0 Å². The molecule has 0 saturated heterocycles. The lowest BCUT2D eigenvalue weighted by Gasteiger charge is -2.11. The molecule has 0 aliphatic heterocycles. The van der Waals surface area contributed by atoms with Crippen molar-refractivity contribution in [2.75, 3.05) is 5.32 Å². The highest BCUT2D eigenvalue weighted by molar-refractivity contribution is 9.10. The van der Waals surface area contributed by atoms with Gasteiger partial charge in [-0.15, -0.1) is 0 Å². The van der Waals surface area contributed by atoms with E-state index in [1.54, 1.807) is 6.20 Å². The first-order valence-electron chi connectivity index (χ1n) is 5.74. The molecule has 0 aromatic carbocycles. The molecule has 1 N–H and O–H groups in total. The van der Waals surface area contributed by atoms with Gasteiger partial charge in [0.2, 0.25) is 5.91 Å². The molecular weight excluding hydrogens is 280 g/mol. The summed E-state index contributed by atoms with van der Waals surface area (Å²) in [6.07, 6.45) is 8.72. The Morgan fingerprint density at radius 1 is 1.65 bits per heavy atom. The summed E-state index contributed by atoms with van der Waals surface area (Å²) in [4.78, 5) is 16.0. The van der Waals surface area contributed by atoms with Crippen LogP contribution >= 0.6 is 15.9 Å². The number of aryl methyl sites for hydroxylation is 1. The number of carbonyl (C=O) groups excluding carboxylic acids is 1. The Morgan fingerprint density at radius 3 is 3.12 bits per heavy atom. The average Bonchev–Trinajstić information content (AvgIpc) is 2.76. The number of hydrogen-bond acceptors (Lipinski definition) is 2. The third kappa shape index (κ3) is 3.16. The average molecular weight is 295 g/mol. The summed E-state index contributed by atoms with van der Waals surface area (Å²) in [5, 5.41) is 2.92. The van der Waals surface area contributed by atoms with Crippen molar-refractivity contribution in [3.05, 3.63) is 34.6 Å². The van der Waals surface area contributed by atoms with Gasteiger partial charge < -0.3 is 5.32 Å². The lowest BCUT2D eigenvalue weighted by atomic mass is 10.0. The van der Waals surface area contributed by atoms with Crippen molar-refractivity contribution in [3.63, 3.8) is 0 Å². The standard InChI is InChI=1S/C13H15BrN2O/c1-9-6-7-15-13(14)12(9)16-11(17)8-10-4-2-3-5-10/h2,4,6-7,10H,3,5,8H2,1H3,(H,16,17). The third-order valence-corrected chi connectivity index (χ3v) is 3.54. The topological polar surface area (TPSA) is 42.0 Å². The number of halogens is 1. The minimum absolute atomic E-state index is 0.0540. The fourth-order valence-electron chi connectivity index (χ4n) is 1.97. The second-order valence-electron chi connectivity index (χ2n) is 4.31. The van der Waals surface area contributed by atoms with E-state index < -0.39 is 0 Å². The predicted molar refractivity (Wildman–Crippen MR) is 71.8 cm³/mol. The molecule has 1 aromatic rings. The van der Waals surface area contributed by atoms with Gasteiger partial charge in [-0.1, -0.05) is 12.2 Å². The molecule has 0 spiro atoms. The number of hydrogen-bond donors (Lipinski definition) is 1. The van der Waals surface area contributed by atoms with Crippen LogP contribution in [0, 0.1) is 12.8 Å². The van der Waals surface area contributed by atoms with Gasteiger partial charge in [-0.2, -0.15) is 0 Å². The Morgan fingerprint density at radius 2 is 2.47 bits per heavy atom. The zero-order valence-corrected chi connectivity index (χ0v) is 11.3. The van der Waals surface area contributed by atoms with Crippen LogP contribution < -0.4 is 5.32 Å². The van der Waals surface area contributed by atoms with Crippen LogP contribution in [0.2, 0.25) is 0 Å². The SMILES string of the molecule is Cc1ccnc(Br)c1NC(=O)CC1C=CCC1. The maximum absolute atomic E-state index is 11.9. The van der Waals surface area contributed by atoms with Crippen molar-refractivity contribution in [1.29, 1.82) is 0 Å². The Balaban J connectivity index is 2.00. The Labute approximate surface area is 109 Å². The molecule has 0 fully saturated rings. The van der Waals surface area contributed by atoms with Gasteiger partial charge in [0, 0.05) is 12.6 Å². The zero-order chi connectivity index (χ0) is 12.3. The summed E-state index contributed by atoms with van der Waals surface area (Å²) in [5.41, 5.74) is 1.79. The van der Waals surface area contributed by atoms with Crippen LogP contribution in [-0.2, 0) is 4.79 Å². The van der Waals surface area contributed by atoms with Gasteiger partial charge in [0.1, 0.15) is 4.60 Å². The molecule has 0 radical (unpaired) electrons. The first-order valence-corrected chi connectivity index (χ1v) is 6.53. The van der Waals surface area contributed by atoms with E-state index in [1.807, 2.05) is 13.0 Å². The fourth-order valence-corrected chi connectivity index (χ4v) is 2.50. The predicted octanol–water partition coefficient (Wildman–Crippen LogP) is 3.45. The second kappa shape index (κ2) is 5.45.